The van der Waals surface area contributed by atoms with Gasteiger partial charge in [-0.1, -0.05) is 13.0 Å². The van der Waals surface area contributed by atoms with Gasteiger partial charge in [0.15, 0.2) is 11.6 Å². The number of carbonyl (C=O) groups excluding carboxylic acids is 1. The van der Waals surface area contributed by atoms with Crippen molar-refractivity contribution in [2.24, 2.45) is 5.92 Å². The Morgan fingerprint density at radius 2 is 2.22 bits per heavy atom. The van der Waals surface area contributed by atoms with E-state index in [0.29, 0.717) is 19.0 Å². The smallest absolute Gasteiger partial charge is 0.321 e. The Morgan fingerprint density at radius 3 is 2.94 bits per heavy atom. The van der Waals surface area contributed by atoms with Gasteiger partial charge < -0.3 is 10.2 Å². The number of rotatable bonds is 1. The maximum Gasteiger partial charge on any atom is 0.321 e. The molecule has 0 aromatic heterocycles. The first-order chi connectivity index (χ1) is 8.58. The minimum absolute atomic E-state index is 0.113. The van der Waals surface area contributed by atoms with E-state index in [1.165, 1.54) is 12.1 Å². The van der Waals surface area contributed by atoms with Gasteiger partial charge in [0, 0.05) is 13.1 Å². The summed E-state index contributed by atoms with van der Waals surface area (Å²) in [5.41, 5.74) is -0.113. The topological polar surface area (TPSA) is 32.3 Å². The van der Waals surface area contributed by atoms with Crippen LogP contribution in [0.1, 0.15) is 19.8 Å². The summed E-state index contributed by atoms with van der Waals surface area (Å²) in [5, 5.41) is 2.41. The van der Waals surface area contributed by atoms with E-state index >= 15 is 0 Å². The van der Waals surface area contributed by atoms with Crippen molar-refractivity contribution in [3.05, 3.63) is 29.8 Å². The Labute approximate surface area is 105 Å². The Balaban J connectivity index is 2.04. The molecule has 1 aliphatic rings. The number of urea groups is 1. The third-order valence-electron chi connectivity index (χ3n) is 3.14. The van der Waals surface area contributed by atoms with Gasteiger partial charge in [0.1, 0.15) is 0 Å². The van der Waals surface area contributed by atoms with Crippen molar-refractivity contribution in [1.29, 1.82) is 0 Å². The summed E-state index contributed by atoms with van der Waals surface area (Å²) in [6.07, 6.45) is 2.04. The average molecular weight is 254 g/mol. The van der Waals surface area contributed by atoms with Gasteiger partial charge in [0.2, 0.25) is 0 Å². The summed E-state index contributed by atoms with van der Waals surface area (Å²) in [6, 6.07) is 3.37. The maximum absolute atomic E-state index is 13.4. The molecular formula is C13H16F2N2O. The third-order valence-corrected chi connectivity index (χ3v) is 3.14. The number of amides is 2. The number of piperidine rings is 1. The quantitative estimate of drug-likeness (QED) is 0.820. The summed E-state index contributed by atoms with van der Waals surface area (Å²) in [6.45, 7) is 3.39. The lowest BCUT2D eigenvalue weighted by Gasteiger charge is -2.30. The molecule has 1 aliphatic heterocycles. The fourth-order valence-electron chi connectivity index (χ4n) is 2.17. The van der Waals surface area contributed by atoms with Crippen LogP contribution in [0, 0.1) is 17.6 Å². The first-order valence-corrected chi connectivity index (χ1v) is 6.08. The van der Waals surface area contributed by atoms with Crippen molar-refractivity contribution in [2.45, 2.75) is 19.8 Å². The van der Waals surface area contributed by atoms with E-state index in [4.69, 9.17) is 0 Å². The zero-order valence-electron chi connectivity index (χ0n) is 10.2. The van der Waals surface area contributed by atoms with Gasteiger partial charge in [-0.05, 0) is 30.9 Å². The molecule has 0 bridgehead atoms. The molecule has 0 saturated carbocycles. The van der Waals surface area contributed by atoms with Crippen LogP contribution in [0.5, 0.6) is 0 Å². The summed E-state index contributed by atoms with van der Waals surface area (Å²) < 4.78 is 26.4. The van der Waals surface area contributed by atoms with Crippen LogP contribution in [0.15, 0.2) is 18.2 Å². The van der Waals surface area contributed by atoms with Gasteiger partial charge >= 0.3 is 6.03 Å². The number of nitrogens with zero attached hydrogens (tertiary/aromatic N) is 1. The Kier molecular flexibility index (Phi) is 3.79. The van der Waals surface area contributed by atoms with Crippen LogP contribution in [0.2, 0.25) is 0 Å². The van der Waals surface area contributed by atoms with E-state index in [0.717, 1.165) is 18.9 Å². The summed E-state index contributed by atoms with van der Waals surface area (Å²) in [5.74, 6) is -1.53. The van der Waals surface area contributed by atoms with E-state index < -0.39 is 11.6 Å². The SMILES string of the molecule is CC1CCCN(C(=O)Nc2cccc(F)c2F)C1. The fourth-order valence-corrected chi connectivity index (χ4v) is 2.17. The molecule has 1 aromatic carbocycles. The highest BCUT2D eigenvalue weighted by Gasteiger charge is 2.21. The predicted molar refractivity (Wildman–Crippen MR) is 65.3 cm³/mol. The molecule has 98 valence electrons. The van der Waals surface area contributed by atoms with Crippen molar-refractivity contribution < 1.29 is 13.6 Å². The second-order valence-electron chi connectivity index (χ2n) is 4.72. The average Bonchev–Trinajstić information content (AvgIpc) is 2.35. The number of hydrogen-bond acceptors (Lipinski definition) is 1. The van der Waals surface area contributed by atoms with Crippen LogP contribution in [-0.4, -0.2) is 24.0 Å². The van der Waals surface area contributed by atoms with Crippen LogP contribution in [0.4, 0.5) is 19.3 Å². The van der Waals surface area contributed by atoms with Crippen LogP contribution >= 0.6 is 0 Å². The van der Waals surface area contributed by atoms with E-state index in [1.54, 1.807) is 4.90 Å². The molecule has 1 saturated heterocycles. The van der Waals surface area contributed by atoms with Crippen molar-refractivity contribution >= 4 is 11.7 Å². The number of halogens is 2. The minimum atomic E-state index is -1.02. The van der Waals surface area contributed by atoms with E-state index in [-0.39, 0.29) is 11.7 Å². The molecule has 1 atom stereocenters. The van der Waals surface area contributed by atoms with Crippen LogP contribution in [-0.2, 0) is 0 Å². The first kappa shape index (κ1) is 12.8. The number of likely N-dealkylation sites (tertiary alicyclic amines) is 1. The van der Waals surface area contributed by atoms with Gasteiger partial charge in [-0.2, -0.15) is 0 Å². The number of anilines is 1. The zero-order chi connectivity index (χ0) is 13.1. The maximum atomic E-state index is 13.4. The summed E-state index contributed by atoms with van der Waals surface area (Å²) >= 11 is 0. The van der Waals surface area contributed by atoms with E-state index in [2.05, 4.69) is 12.2 Å². The lowest BCUT2D eigenvalue weighted by molar-refractivity contribution is 0.182. The minimum Gasteiger partial charge on any atom is -0.324 e. The normalized spacial score (nSPS) is 19.7. The number of nitrogens with one attached hydrogen (secondary N) is 1. The van der Waals surface area contributed by atoms with Crippen molar-refractivity contribution in [1.82, 2.24) is 4.90 Å². The molecule has 0 spiro atoms. The fraction of sp³-hybridized carbons (Fsp3) is 0.462. The lowest BCUT2D eigenvalue weighted by atomic mass is 10.0. The molecule has 18 heavy (non-hydrogen) atoms. The van der Waals surface area contributed by atoms with Gasteiger partial charge in [0.05, 0.1) is 5.69 Å². The van der Waals surface area contributed by atoms with Crippen LogP contribution < -0.4 is 5.32 Å². The second kappa shape index (κ2) is 5.33. The molecule has 1 heterocycles. The second-order valence-corrected chi connectivity index (χ2v) is 4.72. The zero-order valence-corrected chi connectivity index (χ0v) is 10.2. The summed E-state index contributed by atoms with van der Waals surface area (Å²) in [4.78, 5) is 13.5. The lowest BCUT2D eigenvalue weighted by Crippen LogP contribution is -2.41. The van der Waals surface area contributed by atoms with E-state index in [1.807, 2.05) is 0 Å². The van der Waals surface area contributed by atoms with Crippen molar-refractivity contribution in [3.63, 3.8) is 0 Å². The van der Waals surface area contributed by atoms with Crippen LogP contribution in [0.25, 0.3) is 0 Å². The van der Waals surface area contributed by atoms with E-state index in [9.17, 15) is 13.6 Å². The third kappa shape index (κ3) is 2.78. The number of benzene rings is 1. The molecule has 0 radical (unpaired) electrons. The number of carbonyl (C=O) groups is 1. The molecule has 2 amide bonds. The standard InChI is InChI=1S/C13H16F2N2O/c1-9-4-3-7-17(8-9)13(18)16-11-6-2-5-10(14)12(11)15/h2,5-6,9H,3-4,7-8H2,1H3,(H,16,18). The van der Waals surface area contributed by atoms with Gasteiger partial charge in [0.25, 0.3) is 0 Å². The van der Waals surface area contributed by atoms with Gasteiger partial charge in [-0.25, -0.2) is 13.6 Å². The monoisotopic (exact) mass is 254 g/mol. The Bertz CT molecular complexity index is 451. The Morgan fingerprint density at radius 1 is 1.44 bits per heavy atom. The highest BCUT2D eigenvalue weighted by atomic mass is 19.2. The molecule has 1 N–H and O–H groups in total. The largest absolute Gasteiger partial charge is 0.324 e. The molecule has 1 aromatic rings. The molecule has 1 fully saturated rings. The molecular weight excluding hydrogens is 238 g/mol. The van der Waals surface area contributed by atoms with Crippen molar-refractivity contribution in [3.8, 4) is 0 Å². The van der Waals surface area contributed by atoms with Gasteiger partial charge in [-0.15, -0.1) is 0 Å². The first-order valence-electron chi connectivity index (χ1n) is 6.08. The highest BCUT2D eigenvalue weighted by molar-refractivity contribution is 5.89. The van der Waals surface area contributed by atoms with Crippen LogP contribution in [0.3, 0.4) is 0 Å². The molecule has 0 aliphatic carbocycles. The van der Waals surface area contributed by atoms with Crippen molar-refractivity contribution in [2.75, 3.05) is 18.4 Å². The molecule has 5 heteroatoms. The molecule has 2 rings (SSSR count). The molecule has 3 nitrogen and oxygen atoms in total. The highest BCUT2D eigenvalue weighted by Crippen LogP contribution is 2.19. The predicted octanol–water partition coefficient (Wildman–Crippen LogP) is 3.23. The molecule has 1 unspecified atom stereocenters. The van der Waals surface area contributed by atoms with Gasteiger partial charge in [-0.3, -0.25) is 0 Å². The summed E-state index contributed by atoms with van der Waals surface area (Å²) in [7, 11) is 0. The Hall–Kier alpha value is -1.65. The number of hydrogen-bond donors (Lipinski definition) is 1.